The lowest BCUT2D eigenvalue weighted by molar-refractivity contribution is 0.105. The van der Waals surface area contributed by atoms with Crippen molar-refractivity contribution in [1.29, 1.82) is 0 Å². The molecule has 1 aromatic heterocycles. The van der Waals surface area contributed by atoms with E-state index in [0.29, 0.717) is 23.0 Å². The third kappa shape index (κ3) is 2.30. The van der Waals surface area contributed by atoms with E-state index in [1.165, 1.54) is 0 Å². The number of ketones is 1. The molecule has 0 saturated heterocycles. The highest BCUT2D eigenvalue weighted by atomic mass is 35.5. The Morgan fingerprint density at radius 2 is 2.00 bits per heavy atom. The summed E-state index contributed by atoms with van der Waals surface area (Å²) in [6, 6.07) is 12.8. The van der Waals surface area contributed by atoms with Crippen molar-refractivity contribution in [2.45, 2.75) is 5.92 Å². The number of pyridine rings is 1. The number of carbonyl (C=O) groups excluding carboxylic acids is 1. The first kappa shape index (κ1) is 12.8. The number of nitrogens with one attached hydrogen (secondary N) is 1. The highest BCUT2D eigenvalue weighted by molar-refractivity contribution is 6.48. The molecule has 0 amide bonds. The van der Waals surface area contributed by atoms with Crippen LogP contribution < -0.4 is 5.43 Å². The molecule has 1 N–H and O–H groups in total. The predicted molar refractivity (Wildman–Crippen MR) is 78.2 cm³/mol. The van der Waals surface area contributed by atoms with Gasteiger partial charge in [-0.1, -0.05) is 35.9 Å². The molecule has 3 rings (SSSR count). The molecule has 1 aromatic carbocycles. The number of hydrogen-bond donors (Lipinski definition) is 1. The minimum absolute atomic E-state index is 0.141. The maximum absolute atomic E-state index is 12.5. The van der Waals surface area contributed by atoms with Gasteiger partial charge in [-0.3, -0.25) is 9.78 Å². The molecule has 2 heterocycles. The van der Waals surface area contributed by atoms with Crippen molar-refractivity contribution in [1.82, 2.24) is 10.4 Å². The molecule has 0 aliphatic carbocycles. The summed E-state index contributed by atoms with van der Waals surface area (Å²) in [4.78, 5) is 16.5. The Morgan fingerprint density at radius 1 is 1.20 bits per heavy atom. The van der Waals surface area contributed by atoms with Gasteiger partial charge in [-0.05, 0) is 23.8 Å². The second-order valence-electron chi connectivity index (χ2n) is 4.48. The summed E-state index contributed by atoms with van der Waals surface area (Å²) in [5.41, 5.74) is 4.64. The van der Waals surface area contributed by atoms with Crippen LogP contribution in [0.1, 0.15) is 22.0 Å². The quantitative estimate of drug-likeness (QED) is 0.882. The fourth-order valence-electron chi connectivity index (χ4n) is 2.25. The maximum atomic E-state index is 12.5. The van der Waals surface area contributed by atoms with Crippen molar-refractivity contribution < 1.29 is 4.79 Å². The van der Waals surface area contributed by atoms with Gasteiger partial charge in [0.2, 0.25) is 5.78 Å². The first-order chi connectivity index (χ1) is 9.77. The standard InChI is InChI=1S/C15H12ClN3O/c16-12-6-2-1-5-10(12)11-9-18-19-14(11)15(20)13-7-3-4-8-17-13/h1-8,11,18H,9H2/t11-/m1/s1. The molecule has 0 bridgehead atoms. The van der Waals surface area contributed by atoms with E-state index in [9.17, 15) is 4.79 Å². The van der Waals surface area contributed by atoms with Crippen molar-refractivity contribution in [2.24, 2.45) is 5.10 Å². The lowest BCUT2D eigenvalue weighted by Gasteiger charge is -2.12. The third-order valence-corrected chi connectivity index (χ3v) is 3.58. The molecule has 0 unspecified atom stereocenters. The van der Waals surface area contributed by atoms with E-state index in [1.807, 2.05) is 24.3 Å². The first-order valence-corrected chi connectivity index (χ1v) is 6.66. The van der Waals surface area contributed by atoms with E-state index < -0.39 is 0 Å². The topological polar surface area (TPSA) is 54.4 Å². The fraction of sp³-hybridized carbons (Fsp3) is 0.133. The van der Waals surface area contributed by atoms with Crippen LogP contribution in [-0.4, -0.2) is 23.0 Å². The Hall–Kier alpha value is -2.20. The van der Waals surface area contributed by atoms with Gasteiger partial charge in [0.05, 0.1) is 5.92 Å². The Morgan fingerprint density at radius 3 is 2.75 bits per heavy atom. The van der Waals surface area contributed by atoms with Gasteiger partial charge in [-0.2, -0.15) is 5.10 Å². The maximum Gasteiger partial charge on any atom is 0.227 e. The van der Waals surface area contributed by atoms with Crippen molar-refractivity contribution in [3.8, 4) is 0 Å². The Kier molecular flexibility index (Phi) is 3.48. The first-order valence-electron chi connectivity index (χ1n) is 6.28. The van der Waals surface area contributed by atoms with Crippen molar-refractivity contribution in [3.05, 3.63) is 64.9 Å². The van der Waals surface area contributed by atoms with Crippen LogP contribution in [0.25, 0.3) is 0 Å². The molecular weight excluding hydrogens is 274 g/mol. The Balaban J connectivity index is 1.94. The smallest absolute Gasteiger partial charge is 0.227 e. The zero-order valence-corrected chi connectivity index (χ0v) is 11.3. The van der Waals surface area contributed by atoms with Crippen molar-refractivity contribution >= 4 is 23.1 Å². The van der Waals surface area contributed by atoms with Crippen LogP contribution in [-0.2, 0) is 0 Å². The van der Waals surface area contributed by atoms with Crippen LogP contribution in [0.15, 0.2) is 53.8 Å². The number of aromatic nitrogens is 1. The number of benzene rings is 1. The number of halogens is 1. The predicted octanol–water partition coefficient (Wildman–Crippen LogP) is 2.66. The van der Waals surface area contributed by atoms with Gasteiger partial charge in [0.15, 0.2) is 0 Å². The molecule has 0 fully saturated rings. The number of carbonyl (C=O) groups is 1. The zero-order chi connectivity index (χ0) is 13.9. The normalized spacial score (nSPS) is 17.4. The van der Waals surface area contributed by atoms with Gasteiger partial charge in [0, 0.05) is 17.8 Å². The highest BCUT2D eigenvalue weighted by Crippen LogP contribution is 2.28. The molecule has 5 heteroatoms. The highest BCUT2D eigenvalue weighted by Gasteiger charge is 2.31. The lowest BCUT2D eigenvalue weighted by Crippen LogP contribution is -2.22. The summed E-state index contributed by atoms with van der Waals surface area (Å²) in [6.45, 7) is 0.567. The minimum Gasteiger partial charge on any atom is -0.309 e. The summed E-state index contributed by atoms with van der Waals surface area (Å²) >= 11 is 6.21. The van der Waals surface area contributed by atoms with E-state index >= 15 is 0 Å². The molecule has 1 aliphatic rings. The molecule has 1 aliphatic heterocycles. The van der Waals surface area contributed by atoms with Gasteiger partial charge in [-0.25, -0.2) is 0 Å². The van der Waals surface area contributed by atoms with Crippen LogP contribution >= 0.6 is 11.6 Å². The Bertz CT molecular complexity index is 670. The van der Waals surface area contributed by atoms with E-state index in [0.717, 1.165) is 5.56 Å². The number of nitrogens with zero attached hydrogens (tertiary/aromatic N) is 2. The second-order valence-corrected chi connectivity index (χ2v) is 4.88. The molecular formula is C15H12ClN3O. The van der Waals surface area contributed by atoms with Crippen LogP contribution in [0.3, 0.4) is 0 Å². The van der Waals surface area contributed by atoms with Gasteiger partial charge >= 0.3 is 0 Å². The average molecular weight is 286 g/mol. The van der Waals surface area contributed by atoms with Crippen LogP contribution in [0.2, 0.25) is 5.02 Å². The summed E-state index contributed by atoms with van der Waals surface area (Å²) in [5.74, 6) is -0.307. The van der Waals surface area contributed by atoms with Gasteiger partial charge in [0.25, 0.3) is 0 Å². The summed E-state index contributed by atoms with van der Waals surface area (Å²) in [7, 11) is 0. The number of hydrazone groups is 1. The summed E-state index contributed by atoms with van der Waals surface area (Å²) in [5, 5.41) is 4.77. The number of rotatable bonds is 3. The average Bonchev–Trinajstić information content (AvgIpc) is 2.97. The molecule has 20 heavy (non-hydrogen) atoms. The third-order valence-electron chi connectivity index (χ3n) is 3.24. The van der Waals surface area contributed by atoms with Crippen molar-refractivity contribution in [3.63, 3.8) is 0 Å². The monoisotopic (exact) mass is 285 g/mol. The van der Waals surface area contributed by atoms with Crippen LogP contribution in [0, 0.1) is 0 Å². The lowest BCUT2D eigenvalue weighted by atomic mass is 9.91. The minimum atomic E-state index is -0.166. The van der Waals surface area contributed by atoms with E-state index in [4.69, 9.17) is 11.6 Å². The van der Waals surface area contributed by atoms with E-state index in [-0.39, 0.29) is 11.7 Å². The summed E-state index contributed by atoms with van der Waals surface area (Å²) in [6.07, 6.45) is 1.60. The molecule has 2 aromatic rings. The van der Waals surface area contributed by atoms with Gasteiger partial charge in [-0.15, -0.1) is 0 Å². The zero-order valence-electron chi connectivity index (χ0n) is 10.6. The summed E-state index contributed by atoms with van der Waals surface area (Å²) < 4.78 is 0. The molecule has 4 nitrogen and oxygen atoms in total. The molecule has 100 valence electrons. The van der Waals surface area contributed by atoms with Gasteiger partial charge in [0.1, 0.15) is 11.4 Å². The SMILES string of the molecule is O=C(C1=NNC[C@@H]1c1ccccc1Cl)c1ccccn1. The van der Waals surface area contributed by atoms with Crippen LogP contribution in [0.5, 0.6) is 0 Å². The molecule has 0 radical (unpaired) electrons. The molecule has 0 spiro atoms. The van der Waals surface area contributed by atoms with Crippen LogP contribution in [0.4, 0.5) is 0 Å². The van der Waals surface area contributed by atoms with Crippen molar-refractivity contribution in [2.75, 3.05) is 6.54 Å². The van der Waals surface area contributed by atoms with E-state index in [1.54, 1.807) is 24.4 Å². The number of hydrogen-bond acceptors (Lipinski definition) is 4. The molecule has 0 saturated carbocycles. The fourth-order valence-corrected chi connectivity index (χ4v) is 2.52. The Labute approximate surface area is 121 Å². The molecule has 1 atom stereocenters. The largest absolute Gasteiger partial charge is 0.309 e. The number of Topliss-reactive ketones (excluding diaryl/α,β-unsaturated/α-hetero) is 1. The second kappa shape index (κ2) is 5.43. The van der Waals surface area contributed by atoms with E-state index in [2.05, 4.69) is 15.5 Å². The van der Waals surface area contributed by atoms with Gasteiger partial charge < -0.3 is 5.43 Å².